The van der Waals surface area contributed by atoms with Crippen LogP contribution in [0.2, 0.25) is 0 Å². The van der Waals surface area contributed by atoms with Gasteiger partial charge in [0.2, 0.25) is 11.8 Å². The van der Waals surface area contributed by atoms with E-state index in [-0.39, 0.29) is 18.2 Å². The number of amides is 1. The summed E-state index contributed by atoms with van der Waals surface area (Å²) >= 11 is 1.37. The molecule has 0 radical (unpaired) electrons. The lowest BCUT2D eigenvalue weighted by atomic mass is 10.2. The predicted molar refractivity (Wildman–Crippen MR) is 83.4 cm³/mol. The highest BCUT2D eigenvalue weighted by molar-refractivity contribution is 7.99. The number of carbonyl (C=O) groups is 2. The van der Waals surface area contributed by atoms with Crippen molar-refractivity contribution in [2.24, 2.45) is 0 Å². The Morgan fingerprint density at radius 2 is 2.05 bits per heavy atom. The number of carboxylic acids is 1. The lowest BCUT2D eigenvalue weighted by Crippen LogP contribution is -2.33. The summed E-state index contributed by atoms with van der Waals surface area (Å²) in [4.78, 5) is 27.8. The molecule has 1 amide bonds. The van der Waals surface area contributed by atoms with E-state index in [9.17, 15) is 9.59 Å². The smallest absolute Gasteiger partial charge is 0.323 e. The van der Waals surface area contributed by atoms with Crippen LogP contribution >= 0.6 is 11.8 Å². The van der Waals surface area contributed by atoms with Gasteiger partial charge in [-0.25, -0.2) is 4.98 Å². The summed E-state index contributed by atoms with van der Waals surface area (Å²) < 4.78 is 5.41. The monoisotopic (exact) mass is 320 g/mol. The number of carbonyl (C=O) groups excluding carboxylic acids is 1. The van der Waals surface area contributed by atoms with E-state index in [1.807, 2.05) is 30.3 Å². The molecule has 22 heavy (non-hydrogen) atoms. The highest BCUT2D eigenvalue weighted by atomic mass is 32.2. The number of aromatic nitrogens is 1. The van der Waals surface area contributed by atoms with Gasteiger partial charge in [0.15, 0.2) is 0 Å². The van der Waals surface area contributed by atoms with Gasteiger partial charge in [-0.15, -0.1) is 11.8 Å². The Morgan fingerprint density at radius 1 is 1.32 bits per heavy atom. The van der Waals surface area contributed by atoms with Gasteiger partial charge in [-0.3, -0.25) is 9.59 Å². The number of nitrogens with zero attached hydrogens (tertiary/aromatic N) is 2. The highest BCUT2D eigenvalue weighted by Crippen LogP contribution is 2.20. The van der Waals surface area contributed by atoms with Gasteiger partial charge in [0.25, 0.3) is 0 Å². The van der Waals surface area contributed by atoms with E-state index in [0.717, 1.165) is 11.3 Å². The normalized spacial score (nSPS) is 10.4. The Bertz CT molecular complexity index is 642. The molecule has 6 nitrogen and oxygen atoms in total. The number of benzene rings is 1. The summed E-state index contributed by atoms with van der Waals surface area (Å²) in [6.45, 7) is -0.290. The Hall–Kier alpha value is -2.28. The first kappa shape index (κ1) is 16.1. The summed E-state index contributed by atoms with van der Waals surface area (Å²) in [6.07, 6.45) is 1.57. The van der Waals surface area contributed by atoms with Crippen molar-refractivity contribution in [2.75, 3.05) is 19.3 Å². The molecule has 0 bridgehead atoms. The van der Waals surface area contributed by atoms with Crippen LogP contribution in [0.15, 0.2) is 41.0 Å². The molecule has 0 fully saturated rings. The van der Waals surface area contributed by atoms with Gasteiger partial charge < -0.3 is 14.4 Å². The van der Waals surface area contributed by atoms with E-state index in [0.29, 0.717) is 11.6 Å². The molecule has 0 atom stereocenters. The van der Waals surface area contributed by atoms with Crippen molar-refractivity contribution in [3.8, 4) is 11.5 Å². The maximum Gasteiger partial charge on any atom is 0.323 e. The van der Waals surface area contributed by atoms with Crippen LogP contribution in [-0.4, -0.2) is 46.2 Å². The number of oxazole rings is 1. The Balaban J connectivity index is 1.82. The molecule has 1 aromatic heterocycles. The molecule has 0 aliphatic carbocycles. The van der Waals surface area contributed by atoms with Crippen LogP contribution in [0.1, 0.15) is 5.69 Å². The molecule has 0 aliphatic heterocycles. The van der Waals surface area contributed by atoms with Crippen LogP contribution in [0.3, 0.4) is 0 Å². The summed E-state index contributed by atoms with van der Waals surface area (Å²) in [5, 5.41) is 8.62. The lowest BCUT2D eigenvalue weighted by Gasteiger charge is -2.13. The first-order chi connectivity index (χ1) is 10.6. The molecule has 2 aromatic rings. The average Bonchev–Trinajstić information content (AvgIpc) is 2.96. The van der Waals surface area contributed by atoms with Gasteiger partial charge in [-0.1, -0.05) is 18.2 Å². The van der Waals surface area contributed by atoms with E-state index in [1.54, 1.807) is 6.26 Å². The maximum atomic E-state index is 11.7. The van der Waals surface area contributed by atoms with Gasteiger partial charge in [0, 0.05) is 18.4 Å². The minimum Gasteiger partial charge on any atom is -0.480 e. The van der Waals surface area contributed by atoms with Crippen molar-refractivity contribution in [3.63, 3.8) is 0 Å². The Kier molecular flexibility index (Phi) is 5.60. The molecular weight excluding hydrogens is 304 g/mol. The van der Waals surface area contributed by atoms with Crippen LogP contribution < -0.4 is 0 Å². The van der Waals surface area contributed by atoms with Gasteiger partial charge in [0.05, 0.1) is 11.4 Å². The Labute approximate surface area is 132 Å². The van der Waals surface area contributed by atoms with Crippen LogP contribution in [0, 0.1) is 0 Å². The second-order valence-electron chi connectivity index (χ2n) is 4.65. The zero-order valence-electron chi connectivity index (χ0n) is 12.1. The third-order valence-electron chi connectivity index (χ3n) is 2.85. The molecule has 2 rings (SSSR count). The fraction of sp³-hybridized carbons (Fsp3) is 0.267. The summed E-state index contributed by atoms with van der Waals surface area (Å²) in [6, 6.07) is 9.55. The standard InChI is InChI=1S/C15H16N2O4S/c1-17(7-14(19)20)13(18)10-22-9-12-8-21-15(16-12)11-5-3-2-4-6-11/h2-6,8H,7,9-10H2,1H3,(H,19,20). The molecule has 0 spiro atoms. The van der Waals surface area contributed by atoms with Gasteiger partial charge in [0.1, 0.15) is 12.8 Å². The lowest BCUT2D eigenvalue weighted by molar-refractivity contribution is -0.142. The SMILES string of the molecule is CN(CC(=O)O)C(=O)CSCc1coc(-c2ccccc2)n1. The minimum atomic E-state index is -1.02. The molecular formula is C15H16N2O4S. The zero-order chi connectivity index (χ0) is 15.9. The molecule has 1 heterocycles. The fourth-order valence-electron chi connectivity index (χ4n) is 1.73. The molecule has 0 aliphatic rings. The summed E-state index contributed by atoms with van der Waals surface area (Å²) in [7, 11) is 1.47. The number of carboxylic acid groups (broad SMARTS) is 1. The van der Waals surface area contributed by atoms with Crippen molar-refractivity contribution in [3.05, 3.63) is 42.3 Å². The first-order valence-corrected chi connectivity index (χ1v) is 7.75. The van der Waals surface area contributed by atoms with E-state index in [4.69, 9.17) is 9.52 Å². The topological polar surface area (TPSA) is 83.6 Å². The summed E-state index contributed by atoms with van der Waals surface area (Å²) in [5.74, 6) is 0.0369. The third-order valence-corrected chi connectivity index (χ3v) is 3.80. The molecule has 1 N–H and O–H groups in total. The van der Waals surface area contributed by atoms with Crippen molar-refractivity contribution in [1.82, 2.24) is 9.88 Å². The highest BCUT2D eigenvalue weighted by Gasteiger charge is 2.12. The van der Waals surface area contributed by atoms with Crippen LogP contribution in [-0.2, 0) is 15.3 Å². The van der Waals surface area contributed by atoms with Gasteiger partial charge >= 0.3 is 5.97 Å². The second-order valence-corrected chi connectivity index (χ2v) is 5.63. The van der Waals surface area contributed by atoms with Crippen LogP contribution in [0.4, 0.5) is 0 Å². The largest absolute Gasteiger partial charge is 0.480 e. The zero-order valence-corrected chi connectivity index (χ0v) is 12.9. The number of rotatable bonds is 7. The number of thioether (sulfide) groups is 1. The first-order valence-electron chi connectivity index (χ1n) is 6.59. The number of hydrogen-bond acceptors (Lipinski definition) is 5. The van der Waals surface area contributed by atoms with Crippen LogP contribution in [0.5, 0.6) is 0 Å². The molecule has 116 valence electrons. The third kappa shape index (κ3) is 4.63. The molecule has 0 unspecified atom stereocenters. The number of aliphatic carboxylic acids is 1. The van der Waals surface area contributed by atoms with E-state index in [2.05, 4.69) is 4.98 Å². The van der Waals surface area contributed by atoms with Gasteiger partial charge in [-0.2, -0.15) is 0 Å². The summed E-state index contributed by atoms with van der Waals surface area (Å²) in [5.41, 5.74) is 1.65. The number of likely N-dealkylation sites (N-methyl/N-ethyl adjacent to an activating group) is 1. The molecule has 0 saturated heterocycles. The molecule has 7 heteroatoms. The predicted octanol–water partition coefficient (Wildman–Crippen LogP) is 2.12. The Morgan fingerprint density at radius 3 is 2.73 bits per heavy atom. The minimum absolute atomic E-state index is 0.206. The van der Waals surface area contributed by atoms with E-state index in [1.165, 1.54) is 23.7 Å². The van der Waals surface area contributed by atoms with Gasteiger partial charge in [-0.05, 0) is 12.1 Å². The average molecular weight is 320 g/mol. The quantitative estimate of drug-likeness (QED) is 0.841. The van der Waals surface area contributed by atoms with Crippen LogP contribution in [0.25, 0.3) is 11.5 Å². The second kappa shape index (κ2) is 7.65. The molecule has 0 saturated carbocycles. The van der Waals surface area contributed by atoms with E-state index >= 15 is 0 Å². The van der Waals surface area contributed by atoms with Crippen molar-refractivity contribution >= 4 is 23.6 Å². The molecule has 1 aromatic carbocycles. The van der Waals surface area contributed by atoms with Crippen molar-refractivity contribution in [2.45, 2.75) is 5.75 Å². The van der Waals surface area contributed by atoms with E-state index < -0.39 is 5.97 Å². The maximum absolute atomic E-state index is 11.7. The fourth-order valence-corrected chi connectivity index (χ4v) is 2.57. The van der Waals surface area contributed by atoms with Crippen molar-refractivity contribution < 1.29 is 19.1 Å². The van der Waals surface area contributed by atoms with Crippen molar-refractivity contribution in [1.29, 1.82) is 0 Å². The number of hydrogen-bond donors (Lipinski definition) is 1.